The van der Waals surface area contributed by atoms with Crippen LogP contribution >= 0.6 is 27.5 Å². The van der Waals surface area contributed by atoms with Crippen LogP contribution in [0.1, 0.15) is 13.3 Å². The van der Waals surface area contributed by atoms with Gasteiger partial charge < -0.3 is 4.74 Å². The minimum absolute atomic E-state index is 0.536. The van der Waals surface area contributed by atoms with Crippen molar-refractivity contribution in [3.63, 3.8) is 0 Å². The van der Waals surface area contributed by atoms with Crippen molar-refractivity contribution in [2.45, 2.75) is 13.3 Å². The first-order valence-electron chi connectivity index (χ1n) is 4.55. The summed E-state index contributed by atoms with van der Waals surface area (Å²) in [4.78, 5) is 3.95. The largest absolute Gasteiger partial charge is 0.492 e. The number of pyridine rings is 1. The van der Waals surface area contributed by atoms with Crippen LogP contribution < -0.4 is 4.74 Å². The summed E-state index contributed by atoms with van der Waals surface area (Å²) >= 11 is 9.22. The normalized spacial score (nSPS) is 12.5. The predicted molar refractivity (Wildman–Crippen MR) is 62.3 cm³/mol. The van der Waals surface area contributed by atoms with Crippen LogP contribution in [0.2, 0.25) is 5.02 Å². The van der Waals surface area contributed by atoms with Gasteiger partial charge in [0.25, 0.3) is 0 Å². The fraction of sp³-hybridized carbons (Fsp3) is 0.500. The van der Waals surface area contributed by atoms with Gasteiger partial charge in [-0.2, -0.15) is 0 Å². The minimum Gasteiger partial charge on any atom is -0.492 e. The Balaban J connectivity index is 2.44. The van der Waals surface area contributed by atoms with Crippen LogP contribution in [0.5, 0.6) is 5.75 Å². The van der Waals surface area contributed by atoms with Gasteiger partial charge in [-0.15, -0.1) is 0 Å². The van der Waals surface area contributed by atoms with E-state index in [1.807, 2.05) is 0 Å². The molecule has 1 rings (SSSR count). The van der Waals surface area contributed by atoms with Gasteiger partial charge >= 0.3 is 0 Å². The van der Waals surface area contributed by atoms with Crippen LogP contribution in [0.3, 0.4) is 0 Å². The Kier molecular flexibility index (Phi) is 5.26. The quantitative estimate of drug-likeness (QED) is 0.769. The van der Waals surface area contributed by atoms with E-state index in [4.69, 9.17) is 16.3 Å². The summed E-state index contributed by atoms with van der Waals surface area (Å²) in [6.07, 6.45) is 4.36. The highest BCUT2D eigenvalue weighted by Gasteiger charge is 2.05. The zero-order chi connectivity index (χ0) is 10.4. The molecule has 0 spiro atoms. The number of hydrogen-bond donors (Lipinski definition) is 0. The number of alkyl halides is 1. The number of rotatable bonds is 5. The molecule has 0 saturated carbocycles. The molecule has 0 N–H and O–H groups in total. The van der Waals surface area contributed by atoms with Gasteiger partial charge in [-0.1, -0.05) is 34.5 Å². The van der Waals surface area contributed by atoms with Gasteiger partial charge in [-0.3, -0.25) is 4.98 Å². The molecule has 0 aliphatic rings. The maximum absolute atomic E-state index is 5.78. The average molecular weight is 279 g/mol. The van der Waals surface area contributed by atoms with E-state index in [2.05, 4.69) is 27.8 Å². The van der Waals surface area contributed by atoms with Crippen LogP contribution in [0, 0.1) is 5.92 Å². The smallest absolute Gasteiger partial charge is 0.139 e. The van der Waals surface area contributed by atoms with Crippen molar-refractivity contribution in [1.82, 2.24) is 4.98 Å². The summed E-state index contributed by atoms with van der Waals surface area (Å²) in [6.45, 7) is 2.84. The van der Waals surface area contributed by atoms with E-state index in [1.54, 1.807) is 18.5 Å². The Labute approximate surface area is 97.8 Å². The van der Waals surface area contributed by atoms with Gasteiger partial charge in [0.15, 0.2) is 0 Å². The van der Waals surface area contributed by atoms with Gasteiger partial charge in [0.2, 0.25) is 0 Å². The lowest BCUT2D eigenvalue weighted by Gasteiger charge is -2.12. The highest BCUT2D eigenvalue weighted by molar-refractivity contribution is 9.09. The molecule has 2 nitrogen and oxygen atoms in total. The van der Waals surface area contributed by atoms with E-state index >= 15 is 0 Å². The Morgan fingerprint density at radius 2 is 2.36 bits per heavy atom. The number of hydrogen-bond acceptors (Lipinski definition) is 2. The van der Waals surface area contributed by atoms with Crippen molar-refractivity contribution < 1.29 is 4.74 Å². The lowest BCUT2D eigenvalue weighted by atomic mass is 10.1. The van der Waals surface area contributed by atoms with Crippen molar-refractivity contribution in [1.29, 1.82) is 0 Å². The van der Waals surface area contributed by atoms with Gasteiger partial charge in [0.1, 0.15) is 5.75 Å². The topological polar surface area (TPSA) is 22.1 Å². The summed E-state index contributed by atoms with van der Waals surface area (Å²) < 4.78 is 5.55. The Morgan fingerprint density at radius 1 is 1.57 bits per heavy atom. The molecule has 1 aromatic rings. The molecule has 1 atom stereocenters. The van der Waals surface area contributed by atoms with Crippen molar-refractivity contribution in [2.75, 3.05) is 11.9 Å². The molecule has 0 fully saturated rings. The fourth-order valence-corrected chi connectivity index (χ4v) is 1.77. The second-order valence-electron chi connectivity index (χ2n) is 3.08. The predicted octanol–water partition coefficient (Wildman–Crippen LogP) is 3.53. The molecule has 0 amide bonds. The first kappa shape index (κ1) is 11.8. The first-order chi connectivity index (χ1) is 6.76. The third kappa shape index (κ3) is 3.84. The summed E-state index contributed by atoms with van der Waals surface area (Å²) in [6, 6.07) is 1.77. The molecule has 0 bridgehead atoms. The maximum Gasteiger partial charge on any atom is 0.139 e. The number of aromatic nitrogens is 1. The monoisotopic (exact) mass is 277 g/mol. The SMILES string of the molecule is CCC(CBr)COc1cncc(Cl)c1. The standard InChI is InChI=1S/C10H13BrClNO/c1-2-8(4-11)7-14-10-3-9(12)5-13-6-10/h3,5-6,8H,2,4,7H2,1H3. The molecular weight excluding hydrogens is 265 g/mol. The van der Waals surface area contributed by atoms with E-state index in [9.17, 15) is 0 Å². The van der Waals surface area contributed by atoms with Crippen LogP contribution in [-0.4, -0.2) is 16.9 Å². The van der Waals surface area contributed by atoms with Crippen LogP contribution in [0.15, 0.2) is 18.5 Å². The first-order valence-corrected chi connectivity index (χ1v) is 6.05. The maximum atomic E-state index is 5.78. The number of nitrogens with zero attached hydrogens (tertiary/aromatic N) is 1. The molecule has 0 radical (unpaired) electrons. The molecule has 1 unspecified atom stereocenters. The van der Waals surface area contributed by atoms with Crippen molar-refractivity contribution in [3.8, 4) is 5.75 Å². The van der Waals surface area contributed by atoms with E-state index in [0.717, 1.165) is 17.5 Å². The highest BCUT2D eigenvalue weighted by atomic mass is 79.9. The second kappa shape index (κ2) is 6.25. The van der Waals surface area contributed by atoms with E-state index in [-0.39, 0.29) is 0 Å². The molecule has 0 aromatic carbocycles. The zero-order valence-corrected chi connectivity index (χ0v) is 10.4. The van der Waals surface area contributed by atoms with Crippen LogP contribution in [0.25, 0.3) is 0 Å². The molecule has 4 heteroatoms. The summed E-state index contributed by atoms with van der Waals surface area (Å²) in [5.41, 5.74) is 0. The van der Waals surface area contributed by atoms with Gasteiger partial charge in [-0.05, 0) is 6.42 Å². The fourth-order valence-electron chi connectivity index (χ4n) is 0.957. The molecule has 14 heavy (non-hydrogen) atoms. The Bertz CT molecular complexity index is 279. The number of halogens is 2. The van der Waals surface area contributed by atoms with Gasteiger partial charge in [0.05, 0.1) is 17.8 Å². The molecule has 0 aliphatic heterocycles. The summed E-state index contributed by atoms with van der Waals surface area (Å²) in [5.74, 6) is 1.27. The second-order valence-corrected chi connectivity index (χ2v) is 4.16. The number of ether oxygens (including phenoxy) is 1. The van der Waals surface area contributed by atoms with E-state index < -0.39 is 0 Å². The van der Waals surface area contributed by atoms with E-state index in [1.165, 1.54) is 0 Å². The average Bonchev–Trinajstić information content (AvgIpc) is 2.19. The summed E-state index contributed by atoms with van der Waals surface area (Å²) in [5, 5.41) is 1.56. The molecule has 78 valence electrons. The lowest BCUT2D eigenvalue weighted by Crippen LogP contribution is -2.12. The van der Waals surface area contributed by atoms with Gasteiger partial charge in [-0.25, -0.2) is 0 Å². The molecular formula is C10H13BrClNO. The Morgan fingerprint density at radius 3 is 2.93 bits per heavy atom. The van der Waals surface area contributed by atoms with Crippen LogP contribution in [-0.2, 0) is 0 Å². The van der Waals surface area contributed by atoms with Gasteiger partial charge in [0, 0.05) is 23.5 Å². The molecule has 1 heterocycles. The third-order valence-electron chi connectivity index (χ3n) is 1.96. The summed E-state index contributed by atoms with van der Waals surface area (Å²) in [7, 11) is 0. The third-order valence-corrected chi connectivity index (χ3v) is 3.08. The van der Waals surface area contributed by atoms with Crippen molar-refractivity contribution in [2.24, 2.45) is 5.92 Å². The molecule has 0 aliphatic carbocycles. The van der Waals surface area contributed by atoms with Crippen molar-refractivity contribution >= 4 is 27.5 Å². The van der Waals surface area contributed by atoms with Crippen LogP contribution in [0.4, 0.5) is 0 Å². The highest BCUT2D eigenvalue weighted by Crippen LogP contribution is 2.16. The minimum atomic E-state index is 0.536. The molecule has 1 aromatic heterocycles. The zero-order valence-electron chi connectivity index (χ0n) is 8.04. The lowest BCUT2D eigenvalue weighted by molar-refractivity contribution is 0.259. The van der Waals surface area contributed by atoms with Crippen molar-refractivity contribution in [3.05, 3.63) is 23.5 Å². The van der Waals surface area contributed by atoms with E-state index in [0.29, 0.717) is 17.5 Å². The Hall–Kier alpha value is -0.280. The molecule has 0 saturated heterocycles.